The van der Waals surface area contributed by atoms with Gasteiger partial charge >= 0.3 is 0 Å². The van der Waals surface area contributed by atoms with Gasteiger partial charge in [0.1, 0.15) is 0 Å². The Bertz CT molecular complexity index is 1120. The van der Waals surface area contributed by atoms with E-state index in [-0.39, 0.29) is 22.4 Å². The molecular formula is C16H12ClN3O3S3. The second kappa shape index (κ2) is 6.34. The van der Waals surface area contributed by atoms with Crippen LogP contribution in [0.4, 0.5) is 10.8 Å². The molecule has 1 aliphatic rings. The van der Waals surface area contributed by atoms with E-state index in [9.17, 15) is 13.2 Å². The van der Waals surface area contributed by atoms with Crippen molar-refractivity contribution in [1.82, 2.24) is 4.98 Å². The average molecular weight is 426 g/mol. The van der Waals surface area contributed by atoms with Gasteiger partial charge in [-0.2, -0.15) is 0 Å². The first-order valence-electron chi connectivity index (χ1n) is 7.47. The highest BCUT2D eigenvalue weighted by atomic mass is 35.5. The van der Waals surface area contributed by atoms with Crippen molar-refractivity contribution in [3.05, 3.63) is 45.6 Å². The molecule has 0 unspecified atom stereocenters. The van der Waals surface area contributed by atoms with E-state index in [0.29, 0.717) is 15.6 Å². The predicted octanol–water partition coefficient (Wildman–Crippen LogP) is 3.84. The molecule has 0 aliphatic carbocycles. The van der Waals surface area contributed by atoms with E-state index in [4.69, 9.17) is 11.6 Å². The van der Waals surface area contributed by atoms with Crippen molar-refractivity contribution in [2.75, 3.05) is 16.7 Å². The van der Waals surface area contributed by atoms with Gasteiger partial charge in [0, 0.05) is 18.1 Å². The molecule has 6 nitrogen and oxygen atoms in total. The van der Waals surface area contributed by atoms with Crippen LogP contribution >= 0.6 is 34.3 Å². The van der Waals surface area contributed by atoms with Crippen LogP contribution in [-0.4, -0.2) is 26.4 Å². The number of carbonyl (C=O) groups excluding carboxylic acids is 1. The number of thiazole rings is 1. The van der Waals surface area contributed by atoms with Gasteiger partial charge in [0.15, 0.2) is 5.13 Å². The molecule has 1 N–H and O–H groups in total. The van der Waals surface area contributed by atoms with Gasteiger partial charge < -0.3 is 4.90 Å². The smallest absolute Gasteiger partial charge is 0.263 e. The zero-order valence-corrected chi connectivity index (χ0v) is 16.6. The third-order valence-electron chi connectivity index (χ3n) is 3.99. The van der Waals surface area contributed by atoms with Crippen LogP contribution in [0.25, 0.3) is 10.6 Å². The first-order valence-corrected chi connectivity index (χ1v) is 11.0. The lowest BCUT2D eigenvalue weighted by Gasteiger charge is -2.11. The van der Waals surface area contributed by atoms with E-state index >= 15 is 0 Å². The first kappa shape index (κ1) is 17.5. The minimum Gasteiger partial charge on any atom is -0.315 e. The quantitative estimate of drug-likeness (QED) is 0.688. The Morgan fingerprint density at radius 3 is 2.81 bits per heavy atom. The number of halogens is 1. The summed E-state index contributed by atoms with van der Waals surface area (Å²) in [4.78, 5) is 18.6. The number of benzene rings is 1. The van der Waals surface area contributed by atoms with Gasteiger partial charge in [0.05, 0.1) is 26.2 Å². The largest absolute Gasteiger partial charge is 0.315 e. The molecule has 134 valence electrons. The lowest BCUT2D eigenvalue weighted by atomic mass is 10.2. The lowest BCUT2D eigenvalue weighted by molar-refractivity contribution is -0.117. The topological polar surface area (TPSA) is 79.4 Å². The second-order valence-electron chi connectivity index (χ2n) is 5.67. The Kier molecular flexibility index (Phi) is 4.26. The number of aromatic nitrogens is 1. The van der Waals surface area contributed by atoms with Crippen molar-refractivity contribution in [3.8, 4) is 10.6 Å². The molecule has 3 heterocycles. The molecule has 0 radical (unpaired) electrons. The highest BCUT2D eigenvalue weighted by Crippen LogP contribution is 2.34. The number of thiophene rings is 1. The van der Waals surface area contributed by atoms with Crippen LogP contribution < -0.4 is 9.62 Å². The molecule has 0 fully saturated rings. The van der Waals surface area contributed by atoms with Crippen LogP contribution in [0.5, 0.6) is 0 Å². The Labute approximate surface area is 163 Å². The van der Waals surface area contributed by atoms with Crippen LogP contribution in [-0.2, 0) is 21.2 Å². The van der Waals surface area contributed by atoms with Crippen LogP contribution in [0.2, 0.25) is 4.34 Å². The van der Waals surface area contributed by atoms with Gasteiger partial charge in [0.25, 0.3) is 10.0 Å². The number of nitrogens with zero attached hydrogens (tertiary/aromatic N) is 2. The molecule has 10 heteroatoms. The molecule has 1 amide bonds. The Morgan fingerprint density at radius 1 is 1.27 bits per heavy atom. The van der Waals surface area contributed by atoms with Crippen molar-refractivity contribution >= 4 is 61.0 Å². The van der Waals surface area contributed by atoms with E-state index < -0.39 is 10.0 Å². The summed E-state index contributed by atoms with van der Waals surface area (Å²) in [5.41, 5.74) is 2.11. The van der Waals surface area contributed by atoms with E-state index in [1.54, 1.807) is 24.6 Å². The summed E-state index contributed by atoms with van der Waals surface area (Å²) < 4.78 is 28.4. The molecule has 1 aromatic carbocycles. The molecule has 0 saturated heterocycles. The number of anilines is 2. The SMILES string of the molecule is CN1C(=O)Cc2cc(S(=O)(=O)Nc3nc(-c4ccc(Cl)s4)cs3)ccc21. The molecule has 0 atom stereocenters. The minimum atomic E-state index is -3.79. The Balaban J connectivity index is 1.60. The summed E-state index contributed by atoms with van der Waals surface area (Å²) in [7, 11) is -2.11. The zero-order chi connectivity index (χ0) is 18.5. The van der Waals surface area contributed by atoms with E-state index in [0.717, 1.165) is 10.6 Å². The van der Waals surface area contributed by atoms with Gasteiger partial charge in [0.2, 0.25) is 5.91 Å². The minimum absolute atomic E-state index is 0.0540. The van der Waals surface area contributed by atoms with Gasteiger partial charge in [-0.15, -0.1) is 22.7 Å². The van der Waals surface area contributed by atoms with Crippen molar-refractivity contribution < 1.29 is 13.2 Å². The number of carbonyl (C=O) groups is 1. The lowest BCUT2D eigenvalue weighted by Crippen LogP contribution is -2.20. The molecule has 4 rings (SSSR count). The fraction of sp³-hybridized carbons (Fsp3) is 0.125. The molecule has 3 aromatic rings. The van der Waals surface area contributed by atoms with Crippen LogP contribution in [0.1, 0.15) is 5.56 Å². The second-order valence-corrected chi connectivity index (χ2v) is 9.92. The average Bonchev–Trinajstić information content (AvgIpc) is 3.28. The third-order valence-corrected chi connectivity index (χ3v) is 7.47. The maximum Gasteiger partial charge on any atom is 0.263 e. The number of hydrogen-bond donors (Lipinski definition) is 1. The summed E-state index contributed by atoms with van der Waals surface area (Å²) in [6.07, 6.45) is 0.204. The summed E-state index contributed by atoms with van der Waals surface area (Å²) >= 11 is 8.51. The molecular weight excluding hydrogens is 414 g/mol. The normalized spacial score (nSPS) is 13.9. The van der Waals surface area contributed by atoms with E-state index in [1.165, 1.54) is 39.7 Å². The first-order chi connectivity index (χ1) is 12.3. The predicted molar refractivity (Wildman–Crippen MR) is 105 cm³/mol. The highest BCUT2D eigenvalue weighted by molar-refractivity contribution is 7.93. The summed E-state index contributed by atoms with van der Waals surface area (Å²) in [5, 5.41) is 2.05. The molecule has 0 spiro atoms. The molecule has 26 heavy (non-hydrogen) atoms. The van der Waals surface area contributed by atoms with Gasteiger partial charge in [-0.05, 0) is 35.9 Å². The number of nitrogens with one attached hydrogen (secondary N) is 1. The monoisotopic (exact) mass is 425 g/mol. The Morgan fingerprint density at radius 2 is 2.08 bits per heavy atom. The number of hydrogen-bond acceptors (Lipinski definition) is 6. The number of rotatable bonds is 4. The molecule has 2 aromatic heterocycles. The molecule has 1 aliphatic heterocycles. The molecule has 0 saturated carbocycles. The molecule has 0 bridgehead atoms. The fourth-order valence-corrected chi connectivity index (χ4v) is 5.77. The number of likely N-dealkylation sites (N-methyl/N-ethyl adjacent to an activating group) is 1. The summed E-state index contributed by atoms with van der Waals surface area (Å²) in [5.74, 6) is -0.0540. The van der Waals surface area contributed by atoms with Crippen molar-refractivity contribution in [1.29, 1.82) is 0 Å². The number of sulfonamides is 1. The third kappa shape index (κ3) is 3.11. The van der Waals surface area contributed by atoms with Crippen molar-refractivity contribution in [3.63, 3.8) is 0 Å². The van der Waals surface area contributed by atoms with Gasteiger partial charge in [-0.25, -0.2) is 13.4 Å². The summed E-state index contributed by atoms with van der Waals surface area (Å²) in [6, 6.07) is 8.29. The van der Waals surface area contributed by atoms with Gasteiger partial charge in [-0.3, -0.25) is 9.52 Å². The van der Waals surface area contributed by atoms with Crippen LogP contribution in [0.15, 0.2) is 40.6 Å². The van der Waals surface area contributed by atoms with Crippen LogP contribution in [0, 0.1) is 0 Å². The maximum absolute atomic E-state index is 12.7. The van der Waals surface area contributed by atoms with Crippen LogP contribution in [0.3, 0.4) is 0 Å². The maximum atomic E-state index is 12.7. The Hall–Kier alpha value is -1.94. The van der Waals surface area contributed by atoms with E-state index in [1.807, 2.05) is 6.07 Å². The zero-order valence-electron chi connectivity index (χ0n) is 13.4. The fourth-order valence-electron chi connectivity index (χ4n) is 2.67. The van der Waals surface area contributed by atoms with Crippen molar-refractivity contribution in [2.24, 2.45) is 0 Å². The number of amides is 1. The highest BCUT2D eigenvalue weighted by Gasteiger charge is 2.26. The number of fused-ring (bicyclic) bond motifs is 1. The van der Waals surface area contributed by atoms with Gasteiger partial charge in [-0.1, -0.05) is 11.6 Å². The van der Waals surface area contributed by atoms with E-state index in [2.05, 4.69) is 9.71 Å². The van der Waals surface area contributed by atoms with Crippen molar-refractivity contribution in [2.45, 2.75) is 11.3 Å². The summed E-state index contributed by atoms with van der Waals surface area (Å²) in [6.45, 7) is 0. The standard InChI is InChI=1S/C16H12ClN3O3S3/c1-20-12-3-2-10(6-9(12)7-15(20)21)26(22,23)19-16-18-11(8-24-16)13-4-5-14(17)25-13/h2-6,8H,7H2,1H3,(H,18,19).